The third-order valence-electron chi connectivity index (χ3n) is 3.85. The van der Waals surface area contributed by atoms with Gasteiger partial charge in [-0.15, -0.1) is 0 Å². The second kappa shape index (κ2) is 8.73. The molecule has 0 saturated heterocycles. The standard InChI is InChI=1S/C20H20N4O3S/c1-2-13-22-28(26,27)17-10-7-15(8-11-17)24-20(25)12-9-16-14-21-18-5-3-4-6-19(18)23-16/h3-12,14,22H,2,13H2,1H3,(H,24,25)/b12-9+. The summed E-state index contributed by atoms with van der Waals surface area (Å²) in [6.45, 7) is 2.27. The van der Waals surface area contributed by atoms with Gasteiger partial charge in [0.15, 0.2) is 0 Å². The SMILES string of the molecule is CCCNS(=O)(=O)c1ccc(NC(=O)/C=C/c2cnc3ccccc3n2)cc1. The number of hydrogen-bond acceptors (Lipinski definition) is 5. The molecule has 0 radical (unpaired) electrons. The Bertz CT molecular complexity index is 1110. The first kappa shape index (κ1) is 19.7. The molecule has 1 heterocycles. The first-order valence-electron chi connectivity index (χ1n) is 8.78. The molecule has 1 amide bonds. The number of para-hydroxylation sites is 2. The Morgan fingerprint density at radius 2 is 1.79 bits per heavy atom. The van der Waals surface area contributed by atoms with Gasteiger partial charge in [-0.05, 0) is 48.9 Å². The molecule has 3 rings (SSSR count). The Morgan fingerprint density at radius 3 is 2.50 bits per heavy atom. The first-order valence-corrected chi connectivity index (χ1v) is 10.3. The number of nitrogens with one attached hydrogen (secondary N) is 2. The first-order chi connectivity index (χ1) is 13.5. The number of benzene rings is 2. The van der Waals surface area contributed by atoms with Crippen LogP contribution in [0.5, 0.6) is 0 Å². The van der Waals surface area contributed by atoms with Gasteiger partial charge >= 0.3 is 0 Å². The van der Waals surface area contributed by atoms with Crippen molar-refractivity contribution in [1.29, 1.82) is 0 Å². The Balaban J connectivity index is 1.64. The molecule has 0 aliphatic heterocycles. The molecule has 0 unspecified atom stereocenters. The van der Waals surface area contributed by atoms with Crippen molar-refractivity contribution in [3.05, 3.63) is 66.5 Å². The predicted octanol–water partition coefficient (Wildman–Crippen LogP) is 2.97. The van der Waals surface area contributed by atoms with Crippen molar-refractivity contribution < 1.29 is 13.2 Å². The molecule has 0 aliphatic carbocycles. The number of amides is 1. The molecule has 0 fully saturated rings. The Kier molecular flexibility index (Phi) is 6.13. The summed E-state index contributed by atoms with van der Waals surface area (Å²) in [6.07, 6.45) is 5.23. The molecule has 2 N–H and O–H groups in total. The van der Waals surface area contributed by atoms with E-state index in [9.17, 15) is 13.2 Å². The molecule has 0 aliphatic rings. The second-order valence-electron chi connectivity index (χ2n) is 6.03. The Morgan fingerprint density at radius 1 is 1.07 bits per heavy atom. The fraction of sp³-hybridized carbons (Fsp3) is 0.150. The van der Waals surface area contributed by atoms with Crippen LogP contribution in [0.1, 0.15) is 19.0 Å². The monoisotopic (exact) mass is 396 g/mol. The summed E-state index contributed by atoms with van der Waals surface area (Å²) in [5, 5.41) is 2.68. The molecule has 144 valence electrons. The van der Waals surface area contributed by atoms with Crippen LogP contribution in [-0.2, 0) is 14.8 Å². The van der Waals surface area contributed by atoms with Gasteiger partial charge in [-0.25, -0.2) is 18.1 Å². The van der Waals surface area contributed by atoms with E-state index in [0.29, 0.717) is 24.3 Å². The van der Waals surface area contributed by atoms with Crippen LogP contribution in [0, 0.1) is 0 Å². The van der Waals surface area contributed by atoms with E-state index in [2.05, 4.69) is 20.0 Å². The minimum Gasteiger partial charge on any atom is -0.323 e. The predicted molar refractivity (Wildman–Crippen MR) is 109 cm³/mol. The van der Waals surface area contributed by atoms with Gasteiger partial charge in [0.2, 0.25) is 15.9 Å². The van der Waals surface area contributed by atoms with E-state index >= 15 is 0 Å². The summed E-state index contributed by atoms with van der Waals surface area (Å²) in [5.74, 6) is -0.352. The van der Waals surface area contributed by atoms with Crippen LogP contribution >= 0.6 is 0 Å². The average molecular weight is 396 g/mol. The van der Waals surface area contributed by atoms with E-state index in [-0.39, 0.29) is 10.8 Å². The molecule has 3 aromatic rings. The third kappa shape index (κ3) is 4.99. The highest BCUT2D eigenvalue weighted by atomic mass is 32.2. The van der Waals surface area contributed by atoms with Gasteiger partial charge in [0.1, 0.15) is 0 Å². The van der Waals surface area contributed by atoms with Crippen LogP contribution < -0.4 is 10.0 Å². The fourth-order valence-electron chi connectivity index (χ4n) is 2.43. The van der Waals surface area contributed by atoms with Crippen molar-refractivity contribution >= 4 is 38.7 Å². The zero-order valence-corrected chi connectivity index (χ0v) is 16.1. The summed E-state index contributed by atoms with van der Waals surface area (Å²) < 4.78 is 26.6. The quantitative estimate of drug-likeness (QED) is 0.598. The number of anilines is 1. The number of carbonyl (C=O) groups excluding carboxylic acids is 1. The van der Waals surface area contributed by atoms with Crippen LogP contribution in [0.3, 0.4) is 0 Å². The molecule has 28 heavy (non-hydrogen) atoms. The van der Waals surface area contributed by atoms with Crippen molar-refractivity contribution in [1.82, 2.24) is 14.7 Å². The van der Waals surface area contributed by atoms with Crippen LogP contribution in [0.25, 0.3) is 17.1 Å². The lowest BCUT2D eigenvalue weighted by atomic mass is 10.3. The van der Waals surface area contributed by atoms with Gasteiger partial charge in [0, 0.05) is 18.3 Å². The number of carbonyl (C=O) groups is 1. The third-order valence-corrected chi connectivity index (χ3v) is 5.32. The van der Waals surface area contributed by atoms with E-state index < -0.39 is 10.0 Å². The smallest absolute Gasteiger partial charge is 0.248 e. The largest absolute Gasteiger partial charge is 0.323 e. The number of hydrogen-bond donors (Lipinski definition) is 2. The topological polar surface area (TPSA) is 101 Å². The van der Waals surface area contributed by atoms with Crippen molar-refractivity contribution in [3.63, 3.8) is 0 Å². The minimum atomic E-state index is -3.52. The summed E-state index contributed by atoms with van der Waals surface area (Å²) in [6, 6.07) is 13.5. The lowest BCUT2D eigenvalue weighted by molar-refractivity contribution is -0.111. The summed E-state index contributed by atoms with van der Waals surface area (Å²) in [5.41, 5.74) is 2.59. The molecule has 7 nitrogen and oxygen atoms in total. The Hall–Kier alpha value is -3.10. The molecular formula is C20H20N4O3S. The summed E-state index contributed by atoms with van der Waals surface area (Å²) in [7, 11) is -3.52. The molecule has 2 aromatic carbocycles. The minimum absolute atomic E-state index is 0.154. The second-order valence-corrected chi connectivity index (χ2v) is 7.80. The van der Waals surface area contributed by atoms with Gasteiger partial charge in [-0.3, -0.25) is 9.78 Å². The highest BCUT2D eigenvalue weighted by Crippen LogP contribution is 2.14. The van der Waals surface area contributed by atoms with Crippen molar-refractivity contribution in [2.75, 3.05) is 11.9 Å². The van der Waals surface area contributed by atoms with Crippen molar-refractivity contribution in [2.45, 2.75) is 18.2 Å². The average Bonchev–Trinajstić information content (AvgIpc) is 2.71. The molecule has 0 spiro atoms. The highest BCUT2D eigenvalue weighted by molar-refractivity contribution is 7.89. The van der Waals surface area contributed by atoms with Crippen LogP contribution in [-0.4, -0.2) is 30.8 Å². The van der Waals surface area contributed by atoms with E-state index in [1.165, 1.54) is 18.2 Å². The molecule has 8 heteroatoms. The maximum absolute atomic E-state index is 12.1. The van der Waals surface area contributed by atoms with Gasteiger partial charge in [0.25, 0.3) is 0 Å². The lowest BCUT2D eigenvalue weighted by Crippen LogP contribution is -2.24. The normalized spacial score (nSPS) is 11.8. The van der Waals surface area contributed by atoms with Gasteiger partial charge in [-0.1, -0.05) is 19.1 Å². The molecule has 0 atom stereocenters. The fourth-order valence-corrected chi connectivity index (χ4v) is 3.57. The summed E-state index contributed by atoms with van der Waals surface area (Å²) in [4.78, 5) is 21.0. The lowest BCUT2D eigenvalue weighted by Gasteiger charge is -2.07. The maximum atomic E-state index is 12.1. The van der Waals surface area contributed by atoms with Crippen LogP contribution in [0.15, 0.2) is 65.7 Å². The Labute approximate surface area is 163 Å². The van der Waals surface area contributed by atoms with Gasteiger partial charge in [0.05, 0.1) is 27.8 Å². The molecular weight excluding hydrogens is 376 g/mol. The van der Waals surface area contributed by atoms with Crippen LogP contribution in [0.4, 0.5) is 5.69 Å². The number of fused-ring (bicyclic) bond motifs is 1. The van der Waals surface area contributed by atoms with Crippen LogP contribution in [0.2, 0.25) is 0 Å². The number of nitrogens with zero attached hydrogens (tertiary/aromatic N) is 2. The number of sulfonamides is 1. The highest BCUT2D eigenvalue weighted by Gasteiger charge is 2.12. The van der Waals surface area contributed by atoms with E-state index in [0.717, 1.165) is 11.0 Å². The van der Waals surface area contributed by atoms with E-state index in [1.54, 1.807) is 24.4 Å². The number of rotatable bonds is 7. The maximum Gasteiger partial charge on any atom is 0.248 e. The molecule has 0 saturated carbocycles. The van der Waals surface area contributed by atoms with Crippen molar-refractivity contribution in [3.8, 4) is 0 Å². The zero-order valence-electron chi connectivity index (χ0n) is 15.3. The molecule has 0 bridgehead atoms. The van der Waals surface area contributed by atoms with Gasteiger partial charge in [-0.2, -0.15) is 0 Å². The van der Waals surface area contributed by atoms with E-state index in [1.807, 2.05) is 31.2 Å². The van der Waals surface area contributed by atoms with E-state index in [4.69, 9.17) is 0 Å². The molecule has 1 aromatic heterocycles. The van der Waals surface area contributed by atoms with Gasteiger partial charge < -0.3 is 5.32 Å². The van der Waals surface area contributed by atoms with Crippen molar-refractivity contribution in [2.24, 2.45) is 0 Å². The summed E-state index contributed by atoms with van der Waals surface area (Å²) >= 11 is 0. The number of aromatic nitrogens is 2. The zero-order chi connectivity index (χ0) is 20.0.